The van der Waals surface area contributed by atoms with E-state index in [1.807, 2.05) is 18.2 Å². The first kappa shape index (κ1) is 21.5. The van der Waals surface area contributed by atoms with E-state index in [4.69, 9.17) is 0 Å². The number of hydrogen-bond acceptors (Lipinski definition) is 6. The number of sulfone groups is 1. The van der Waals surface area contributed by atoms with Gasteiger partial charge in [-0.1, -0.05) is 33.8 Å². The summed E-state index contributed by atoms with van der Waals surface area (Å²) in [5, 5.41) is 4.09. The first-order valence-electron chi connectivity index (χ1n) is 8.57. The summed E-state index contributed by atoms with van der Waals surface area (Å²) in [7, 11) is -3.90. The lowest BCUT2D eigenvalue weighted by Gasteiger charge is -2.24. The van der Waals surface area contributed by atoms with Gasteiger partial charge in [0.15, 0.2) is 9.84 Å². The number of benzene rings is 1. The zero-order valence-electron chi connectivity index (χ0n) is 15.7. The maximum atomic E-state index is 13.0. The van der Waals surface area contributed by atoms with Crippen molar-refractivity contribution in [2.75, 3.05) is 5.32 Å². The van der Waals surface area contributed by atoms with Crippen LogP contribution in [-0.4, -0.2) is 29.0 Å². The summed E-state index contributed by atoms with van der Waals surface area (Å²) in [5.74, 6) is -0.625. The minimum Gasteiger partial charge on any atom is -0.325 e. The van der Waals surface area contributed by atoms with Crippen LogP contribution in [0.25, 0.3) is 0 Å². The summed E-state index contributed by atoms with van der Waals surface area (Å²) in [4.78, 5) is 21.4. The highest BCUT2D eigenvalue weighted by atomic mass is 79.9. The lowest BCUT2D eigenvalue weighted by Crippen LogP contribution is -2.44. The first-order chi connectivity index (χ1) is 13.7. The molecule has 0 aliphatic heterocycles. The molecule has 1 aromatic carbocycles. The molecule has 0 radical (unpaired) electrons. The van der Waals surface area contributed by atoms with E-state index in [1.165, 1.54) is 37.7 Å². The monoisotopic (exact) mass is 491 g/mol. The predicted octanol–water partition coefficient (Wildman–Crippen LogP) is 4.58. The van der Waals surface area contributed by atoms with E-state index in [0.717, 1.165) is 9.50 Å². The molecule has 1 amide bonds. The van der Waals surface area contributed by atoms with Crippen LogP contribution in [0, 0.1) is 0 Å². The van der Waals surface area contributed by atoms with Gasteiger partial charge in [0.05, 0.1) is 4.90 Å². The fraction of sp³-hybridized carbons (Fsp3) is 0.150. The average Bonchev–Trinajstić information content (AvgIpc) is 2.69. The number of carbonyl (C=O) groups excluding carboxylic acids is 1. The maximum Gasteiger partial charge on any atom is 0.245 e. The van der Waals surface area contributed by atoms with Gasteiger partial charge in [-0.25, -0.2) is 18.4 Å². The van der Waals surface area contributed by atoms with Crippen LogP contribution >= 0.6 is 27.7 Å². The Hall–Kier alpha value is -2.23. The summed E-state index contributed by atoms with van der Waals surface area (Å²) in [6.07, 6.45) is 3.24. The van der Waals surface area contributed by atoms with Crippen molar-refractivity contribution in [2.45, 2.75) is 33.5 Å². The van der Waals surface area contributed by atoms with E-state index in [9.17, 15) is 13.2 Å². The number of amides is 1. The van der Waals surface area contributed by atoms with Crippen molar-refractivity contribution in [3.05, 3.63) is 71.5 Å². The molecule has 29 heavy (non-hydrogen) atoms. The van der Waals surface area contributed by atoms with E-state index < -0.39 is 20.5 Å². The van der Waals surface area contributed by atoms with Crippen LogP contribution in [0.2, 0.25) is 0 Å². The summed E-state index contributed by atoms with van der Waals surface area (Å²) >= 11 is 4.62. The topological polar surface area (TPSA) is 89.0 Å². The Balaban J connectivity index is 1.80. The highest BCUT2D eigenvalue weighted by Gasteiger charge is 2.42. The summed E-state index contributed by atoms with van der Waals surface area (Å²) in [5.41, 5.74) is 0.461. The second-order valence-corrected chi connectivity index (χ2v) is 11.0. The minimum atomic E-state index is -3.90. The van der Waals surface area contributed by atoms with E-state index in [2.05, 4.69) is 31.2 Å². The zero-order valence-corrected chi connectivity index (χ0v) is 18.9. The fourth-order valence-corrected chi connectivity index (χ4v) is 4.79. The van der Waals surface area contributed by atoms with Gasteiger partial charge in [0, 0.05) is 22.6 Å². The largest absolute Gasteiger partial charge is 0.325 e. The number of halogens is 1. The average molecular weight is 492 g/mol. The highest BCUT2D eigenvalue weighted by Crippen LogP contribution is 2.29. The van der Waals surface area contributed by atoms with Crippen molar-refractivity contribution in [1.29, 1.82) is 0 Å². The van der Waals surface area contributed by atoms with Crippen molar-refractivity contribution < 1.29 is 13.2 Å². The summed E-state index contributed by atoms with van der Waals surface area (Å²) < 4.78 is 25.1. The third-order valence-electron chi connectivity index (χ3n) is 4.18. The minimum absolute atomic E-state index is 0.0852. The van der Waals surface area contributed by atoms with Gasteiger partial charge in [-0.15, -0.1) is 0 Å². The molecule has 0 aliphatic carbocycles. The van der Waals surface area contributed by atoms with Crippen molar-refractivity contribution in [3.8, 4) is 0 Å². The van der Waals surface area contributed by atoms with Gasteiger partial charge in [0.2, 0.25) is 5.91 Å². The van der Waals surface area contributed by atoms with Crippen LogP contribution in [0.15, 0.2) is 86.4 Å². The number of pyridine rings is 2. The number of hydrogen-bond donors (Lipinski definition) is 1. The number of anilines is 1. The summed E-state index contributed by atoms with van der Waals surface area (Å²) in [6, 6.07) is 15.0. The second-order valence-electron chi connectivity index (χ2n) is 6.57. The van der Waals surface area contributed by atoms with Crippen molar-refractivity contribution >= 4 is 49.1 Å². The molecule has 1 N–H and O–H groups in total. The van der Waals surface area contributed by atoms with Crippen LogP contribution in [0.5, 0.6) is 0 Å². The molecule has 2 aromatic heterocycles. The lowest BCUT2D eigenvalue weighted by molar-refractivity contribution is -0.117. The number of rotatable bonds is 6. The highest BCUT2D eigenvalue weighted by molar-refractivity contribution is 9.10. The molecule has 2 heterocycles. The van der Waals surface area contributed by atoms with Crippen molar-refractivity contribution in [3.63, 3.8) is 0 Å². The molecule has 0 bridgehead atoms. The van der Waals surface area contributed by atoms with Gasteiger partial charge in [-0.2, -0.15) is 0 Å². The lowest BCUT2D eigenvalue weighted by atomic mass is 10.2. The van der Waals surface area contributed by atoms with Gasteiger partial charge in [0.1, 0.15) is 14.8 Å². The van der Waals surface area contributed by atoms with Crippen molar-refractivity contribution in [1.82, 2.24) is 9.97 Å². The van der Waals surface area contributed by atoms with Crippen LogP contribution < -0.4 is 5.32 Å². The molecular weight excluding hydrogens is 474 g/mol. The third-order valence-corrected chi connectivity index (χ3v) is 8.02. The molecular formula is C20H18BrN3O3S2. The van der Waals surface area contributed by atoms with E-state index >= 15 is 0 Å². The quantitative estimate of drug-likeness (QED) is 0.542. The summed E-state index contributed by atoms with van der Waals surface area (Å²) in [6.45, 7) is 2.79. The van der Waals surface area contributed by atoms with Crippen LogP contribution in [0.1, 0.15) is 13.8 Å². The fourth-order valence-electron chi connectivity index (χ4n) is 2.37. The molecule has 3 aromatic rings. The molecule has 0 saturated heterocycles. The maximum absolute atomic E-state index is 13.0. The molecule has 6 nitrogen and oxygen atoms in total. The SMILES string of the molecule is CC(C)(C(=O)Nc1ccnc(Sc2ccccn2)c1)S(=O)(=O)c1ccc(Br)cc1. The van der Waals surface area contributed by atoms with Gasteiger partial charge < -0.3 is 5.32 Å². The molecule has 150 valence electrons. The molecule has 0 aliphatic rings. The first-order valence-corrected chi connectivity index (χ1v) is 11.7. The molecule has 0 spiro atoms. The Labute approximate surface area is 182 Å². The van der Waals surface area contributed by atoms with E-state index in [0.29, 0.717) is 10.7 Å². The van der Waals surface area contributed by atoms with E-state index in [-0.39, 0.29) is 4.90 Å². The molecule has 0 atom stereocenters. The number of carbonyl (C=O) groups is 1. The molecule has 0 fully saturated rings. The standard InChI is InChI=1S/C20H18BrN3O3S2/c1-20(2,29(26,27)16-8-6-14(21)7-9-16)19(25)24-15-10-12-23-18(13-15)28-17-5-3-4-11-22-17/h3-13H,1-2H3,(H,23,24,25). The van der Waals surface area contributed by atoms with Gasteiger partial charge >= 0.3 is 0 Å². The van der Waals surface area contributed by atoms with Crippen LogP contribution in [0.3, 0.4) is 0 Å². The molecule has 0 unspecified atom stereocenters. The van der Waals surface area contributed by atoms with Gasteiger partial charge in [-0.3, -0.25) is 4.79 Å². The Morgan fingerprint density at radius 1 is 1.00 bits per heavy atom. The Kier molecular flexibility index (Phi) is 6.40. The van der Waals surface area contributed by atoms with E-state index in [1.54, 1.807) is 36.7 Å². The number of nitrogens with one attached hydrogen (secondary N) is 1. The second kappa shape index (κ2) is 8.64. The molecule has 3 rings (SSSR count). The molecule has 9 heteroatoms. The Morgan fingerprint density at radius 2 is 1.69 bits per heavy atom. The Morgan fingerprint density at radius 3 is 2.34 bits per heavy atom. The van der Waals surface area contributed by atoms with Crippen LogP contribution in [-0.2, 0) is 14.6 Å². The normalized spacial score (nSPS) is 11.8. The van der Waals surface area contributed by atoms with Gasteiger partial charge in [-0.05, 0) is 62.4 Å². The number of nitrogens with zero attached hydrogens (tertiary/aromatic N) is 2. The van der Waals surface area contributed by atoms with Crippen LogP contribution in [0.4, 0.5) is 5.69 Å². The molecule has 0 saturated carbocycles. The predicted molar refractivity (Wildman–Crippen MR) is 117 cm³/mol. The van der Waals surface area contributed by atoms with Gasteiger partial charge in [0.25, 0.3) is 0 Å². The Bertz CT molecular complexity index is 1120. The smallest absolute Gasteiger partial charge is 0.245 e. The number of aromatic nitrogens is 2. The zero-order chi connectivity index (χ0) is 21.1. The third kappa shape index (κ3) is 4.85. The van der Waals surface area contributed by atoms with Crippen molar-refractivity contribution in [2.24, 2.45) is 0 Å².